The zero-order valence-electron chi connectivity index (χ0n) is 13.4. The Labute approximate surface area is 130 Å². The second-order valence-corrected chi connectivity index (χ2v) is 6.84. The molecular weight excluding hydrogens is 282 g/mol. The molecule has 1 heterocycles. The lowest BCUT2D eigenvalue weighted by Crippen LogP contribution is -2.24. The lowest BCUT2D eigenvalue weighted by Gasteiger charge is -2.21. The lowest BCUT2D eigenvalue weighted by molar-refractivity contribution is -0.140. The Morgan fingerprint density at radius 3 is 2.50 bits per heavy atom. The van der Waals surface area contributed by atoms with Crippen LogP contribution < -0.4 is 4.74 Å². The van der Waals surface area contributed by atoms with Crippen molar-refractivity contribution in [3.63, 3.8) is 0 Å². The molecule has 0 spiro atoms. The van der Waals surface area contributed by atoms with Crippen molar-refractivity contribution in [1.29, 1.82) is 0 Å². The molecule has 1 N–H and O–H groups in total. The van der Waals surface area contributed by atoms with E-state index in [1.165, 1.54) is 0 Å². The van der Waals surface area contributed by atoms with Gasteiger partial charge in [-0.05, 0) is 51.2 Å². The van der Waals surface area contributed by atoms with Crippen LogP contribution in [-0.4, -0.2) is 35.9 Å². The third-order valence-corrected chi connectivity index (χ3v) is 4.76. The molecule has 0 saturated heterocycles. The van der Waals surface area contributed by atoms with Gasteiger partial charge in [-0.3, -0.25) is 4.79 Å². The number of carboxylic acids is 1. The smallest absolute Gasteiger partial charge is 0.314 e. The highest BCUT2D eigenvalue weighted by Crippen LogP contribution is 2.54. The molecule has 0 radical (unpaired) electrons. The average molecular weight is 305 g/mol. The third-order valence-electron chi connectivity index (χ3n) is 4.76. The molecule has 5 nitrogen and oxygen atoms in total. The predicted octanol–water partition coefficient (Wildman–Crippen LogP) is 2.66. The van der Waals surface area contributed by atoms with E-state index in [0.717, 1.165) is 24.0 Å². The van der Waals surface area contributed by atoms with E-state index in [0.29, 0.717) is 25.3 Å². The summed E-state index contributed by atoms with van der Waals surface area (Å²) in [6.45, 7) is 4.50. The van der Waals surface area contributed by atoms with Gasteiger partial charge in [0.05, 0.1) is 18.1 Å². The quantitative estimate of drug-likeness (QED) is 0.838. The highest BCUT2D eigenvalue weighted by atomic mass is 16.5. The Balaban J connectivity index is 2.02. The molecule has 5 heteroatoms. The minimum Gasteiger partial charge on any atom is -0.481 e. The van der Waals surface area contributed by atoms with Gasteiger partial charge in [0.1, 0.15) is 0 Å². The summed E-state index contributed by atoms with van der Waals surface area (Å²) in [6, 6.07) is 2.00. The molecule has 0 amide bonds. The topological polar surface area (TPSA) is 68.7 Å². The van der Waals surface area contributed by atoms with Crippen LogP contribution in [0.3, 0.4) is 0 Å². The van der Waals surface area contributed by atoms with E-state index in [9.17, 15) is 9.90 Å². The van der Waals surface area contributed by atoms with Gasteiger partial charge in [-0.1, -0.05) is 0 Å². The molecule has 1 aromatic rings. The number of aliphatic carboxylic acids is 1. The second kappa shape index (κ2) is 5.23. The highest BCUT2D eigenvalue weighted by molar-refractivity contribution is 5.85. The summed E-state index contributed by atoms with van der Waals surface area (Å²) in [5.41, 5.74) is 1.01. The van der Waals surface area contributed by atoms with Crippen LogP contribution in [0, 0.1) is 0 Å². The minimum absolute atomic E-state index is 0.0153. The molecular formula is C17H23NO4. The van der Waals surface area contributed by atoms with Gasteiger partial charge in [0.25, 0.3) is 0 Å². The molecule has 0 bridgehead atoms. The molecule has 2 saturated carbocycles. The number of pyridine rings is 1. The number of rotatable bonds is 7. The largest absolute Gasteiger partial charge is 0.481 e. The van der Waals surface area contributed by atoms with Gasteiger partial charge in [-0.15, -0.1) is 0 Å². The van der Waals surface area contributed by atoms with Crippen LogP contribution in [-0.2, 0) is 20.4 Å². The first-order chi connectivity index (χ1) is 10.4. The molecule has 2 aliphatic carbocycles. The first kappa shape index (κ1) is 15.3. The van der Waals surface area contributed by atoms with E-state index in [1.54, 1.807) is 7.11 Å². The number of nitrogens with zero attached hydrogens (tertiary/aromatic N) is 1. The first-order valence-electron chi connectivity index (χ1n) is 7.83. The van der Waals surface area contributed by atoms with Crippen LogP contribution in [0.1, 0.15) is 50.7 Å². The first-order valence-corrected chi connectivity index (χ1v) is 7.83. The van der Waals surface area contributed by atoms with Gasteiger partial charge in [-0.2, -0.15) is 0 Å². The number of carboxylic acid groups (broad SMARTS) is 1. The average Bonchev–Trinajstić information content (AvgIpc) is 3.33. The summed E-state index contributed by atoms with van der Waals surface area (Å²) in [4.78, 5) is 16.2. The van der Waals surface area contributed by atoms with Crippen LogP contribution in [0.5, 0.6) is 5.88 Å². The van der Waals surface area contributed by atoms with Crippen LogP contribution in [0.4, 0.5) is 0 Å². The summed E-state index contributed by atoms with van der Waals surface area (Å²) >= 11 is 0. The Bertz CT molecular complexity index is 588. The summed E-state index contributed by atoms with van der Waals surface area (Å²) in [6.07, 6.45) is 5.22. The molecule has 0 aromatic carbocycles. The van der Waals surface area contributed by atoms with Crippen molar-refractivity contribution in [1.82, 2.24) is 4.98 Å². The molecule has 0 aliphatic heterocycles. The van der Waals surface area contributed by atoms with Gasteiger partial charge >= 0.3 is 5.97 Å². The summed E-state index contributed by atoms with van der Waals surface area (Å²) in [5.74, 6) is -0.316. The molecule has 2 aliphatic rings. The number of methoxy groups -OCH3 is 1. The fraction of sp³-hybridized carbons (Fsp3) is 0.647. The molecule has 3 rings (SSSR count). The van der Waals surface area contributed by atoms with Gasteiger partial charge in [0.15, 0.2) is 0 Å². The maximum atomic E-state index is 11.7. The van der Waals surface area contributed by atoms with Crippen LogP contribution in [0.15, 0.2) is 12.3 Å². The maximum Gasteiger partial charge on any atom is 0.314 e. The molecule has 22 heavy (non-hydrogen) atoms. The Hall–Kier alpha value is -1.62. The van der Waals surface area contributed by atoms with Crippen LogP contribution in [0.25, 0.3) is 0 Å². The SMILES string of the molecule is COCC1(c2cnc(OC(C)C)c(C3(C(=O)O)CC3)c2)CC1. The second-order valence-electron chi connectivity index (χ2n) is 6.84. The van der Waals surface area contributed by atoms with Gasteiger partial charge in [0, 0.05) is 24.3 Å². The van der Waals surface area contributed by atoms with Gasteiger partial charge < -0.3 is 14.6 Å². The minimum atomic E-state index is -0.809. The fourth-order valence-corrected chi connectivity index (χ4v) is 3.07. The van der Waals surface area contributed by atoms with Gasteiger partial charge in [0.2, 0.25) is 5.88 Å². The zero-order valence-corrected chi connectivity index (χ0v) is 13.4. The van der Waals surface area contributed by atoms with Crippen LogP contribution >= 0.6 is 0 Å². The van der Waals surface area contributed by atoms with E-state index in [4.69, 9.17) is 9.47 Å². The Morgan fingerprint density at radius 1 is 1.36 bits per heavy atom. The van der Waals surface area contributed by atoms with Crippen LogP contribution in [0.2, 0.25) is 0 Å². The highest BCUT2D eigenvalue weighted by Gasteiger charge is 2.55. The molecule has 1 aromatic heterocycles. The van der Waals surface area contributed by atoms with E-state index < -0.39 is 11.4 Å². The van der Waals surface area contributed by atoms with Crippen molar-refractivity contribution in [2.45, 2.75) is 56.5 Å². The third kappa shape index (κ3) is 2.47. The van der Waals surface area contributed by atoms with Crippen molar-refractivity contribution in [2.24, 2.45) is 0 Å². The predicted molar refractivity (Wildman–Crippen MR) is 81.3 cm³/mol. The molecule has 0 unspecified atom stereocenters. The van der Waals surface area contributed by atoms with Crippen molar-refractivity contribution in [3.8, 4) is 5.88 Å². The van der Waals surface area contributed by atoms with Crippen molar-refractivity contribution >= 4 is 5.97 Å². The van der Waals surface area contributed by atoms with Crippen molar-refractivity contribution < 1.29 is 19.4 Å². The number of hydrogen-bond donors (Lipinski definition) is 1. The lowest BCUT2D eigenvalue weighted by atomic mass is 9.91. The molecule has 0 atom stereocenters. The summed E-state index contributed by atoms with van der Waals surface area (Å²) in [7, 11) is 1.70. The van der Waals surface area contributed by atoms with Crippen molar-refractivity contribution in [2.75, 3.05) is 13.7 Å². The van der Waals surface area contributed by atoms with Crippen molar-refractivity contribution in [3.05, 3.63) is 23.4 Å². The Morgan fingerprint density at radius 2 is 2.05 bits per heavy atom. The summed E-state index contributed by atoms with van der Waals surface area (Å²) < 4.78 is 11.1. The normalized spacial score (nSPS) is 20.7. The molecule has 2 fully saturated rings. The standard InChI is InChI=1S/C17H23NO4/c1-11(2)22-14-13(17(6-7-17)15(19)20)8-12(9-18-14)16(4-5-16)10-21-3/h8-9,11H,4-7,10H2,1-3H3,(H,19,20). The number of ether oxygens (including phenoxy) is 2. The van der Waals surface area contributed by atoms with E-state index in [-0.39, 0.29) is 11.5 Å². The monoisotopic (exact) mass is 305 g/mol. The number of carbonyl (C=O) groups is 1. The zero-order chi connectivity index (χ0) is 16.0. The van der Waals surface area contributed by atoms with Gasteiger partial charge in [-0.25, -0.2) is 4.98 Å². The fourth-order valence-electron chi connectivity index (χ4n) is 3.07. The maximum absolute atomic E-state index is 11.7. The number of hydrogen-bond acceptors (Lipinski definition) is 4. The summed E-state index contributed by atoms with van der Waals surface area (Å²) in [5, 5.41) is 9.62. The van der Waals surface area contributed by atoms with E-state index >= 15 is 0 Å². The number of aromatic nitrogens is 1. The van der Waals surface area contributed by atoms with E-state index in [1.807, 2.05) is 26.1 Å². The van der Waals surface area contributed by atoms with E-state index in [2.05, 4.69) is 4.98 Å². The Kier molecular flexibility index (Phi) is 3.63. The molecule has 120 valence electrons.